The Balaban J connectivity index is 2.40. The molecule has 0 unspecified atom stereocenters. The molecule has 0 spiro atoms. The van der Waals surface area contributed by atoms with Crippen molar-refractivity contribution in [3.63, 3.8) is 0 Å². The van der Waals surface area contributed by atoms with Crippen LogP contribution in [0, 0.1) is 5.82 Å². The summed E-state index contributed by atoms with van der Waals surface area (Å²) in [6.07, 6.45) is 1.62. The summed E-state index contributed by atoms with van der Waals surface area (Å²) in [6, 6.07) is 2.72. The molecule has 2 rings (SSSR count). The van der Waals surface area contributed by atoms with Crippen molar-refractivity contribution < 1.29 is 4.39 Å². The van der Waals surface area contributed by atoms with Gasteiger partial charge in [-0.3, -0.25) is 0 Å². The summed E-state index contributed by atoms with van der Waals surface area (Å²) < 4.78 is 14.7. The zero-order valence-corrected chi connectivity index (χ0v) is 12.0. The number of halogens is 3. The average Bonchev–Trinajstić information content (AvgIpc) is 2.73. The minimum Gasteiger partial charge on any atom is -0.309 e. The van der Waals surface area contributed by atoms with Crippen LogP contribution in [0.5, 0.6) is 0 Å². The van der Waals surface area contributed by atoms with Gasteiger partial charge in [-0.15, -0.1) is 5.10 Å². The quantitative estimate of drug-likeness (QED) is 0.943. The molecule has 0 amide bonds. The first-order valence-corrected chi connectivity index (χ1v) is 6.52. The van der Waals surface area contributed by atoms with Gasteiger partial charge in [0.25, 0.3) is 0 Å². The first-order chi connectivity index (χ1) is 8.99. The van der Waals surface area contributed by atoms with Gasteiger partial charge in [-0.1, -0.05) is 42.3 Å². The molecule has 0 aliphatic rings. The third kappa shape index (κ3) is 3.23. The fraction of sp³-hybridized carbons (Fsp3) is 0.333. The summed E-state index contributed by atoms with van der Waals surface area (Å²) in [5, 5.41) is 11.4. The molecule has 19 heavy (non-hydrogen) atoms. The highest BCUT2D eigenvalue weighted by molar-refractivity contribution is 6.37. The van der Waals surface area contributed by atoms with Crippen molar-refractivity contribution in [1.82, 2.24) is 20.3 Å². The van der Waals surface area contributed by atoms with Crippen LogP contribution in [0.1, 0.15) is 19.5 Å². The van der Waals surface area contributed by atoms with Gasteiger partial charge >= 0.3 is 0 Å². The fourth-order valence-electron chi connectivity index (χ4n) is 1.61. The van der Waals surface area contributed by atoms with E-state index in [0.29, 0.717) is 18.3 Å². The topological polar surface area (TPSA) is 42.7 Å². The Bertz CT molecular complexity index is 560. The molecule has 0 aliphatic heterocycles. The Hall–Kier alpha value is -1.17. The van der Waals surface area contributed by atoms with E-state index in [1.807, 2.05) is 13.8 Å². The van der Waals surface area contributed by atoms with E-state index in [2.05, 4.69) is 15.6 Å². The van der Waals surface area contributed by atoms with E-state index in [0.717, 1.165) is 5.69 Å². The van der Waals surface area contributed by atoms with Gasteiger partial charge in [-0.05, 0) is 12.1 Å². The monoisotopic (exact) mass is 302 g/mol. The first-order valence-electron chi connectivity index (χ1n) is 5.77. The van der Waals surface area contributed by atoms with Crippen LogP contribution >= 0.6 is 23.2 Å². The molecule has 1 aromatic heterocycles. The zero-order valence-electron chi connectivity index (χ0n) is 10.5. The number of hydrogen-bond donors (Lipinski definition) is 1. The van der Waals surface area contributed by atoms with E-state index >= 15 is 0 Å². The minimum atomic E-state index is -0.485. The molecule has 0 atom stereocenters. The second-order valence-electron chi connectivity index (χ2n) is 4.39. The summed E-state index contributed by atoms with van der Waals surface area (Å²) >= 11 is 12.1. The summed E-state index contributed by atoms with van der Waals surface area (Å²) in [5.41, 5.74) is 1.23. The van der Waals surface area contributed by atoms with E-state index in [4.69, 9.17) is 23.2 Å². The Labute approximate surface area is 120 Å². The Kier molecular flexibility index (Phi) is 4.39. The second kappa shape index (κ2) is 5.86. The van der Waals surface area contributed by atoms with Crippen molar-refractivity contribution in [2.75, 3.05) is 0 Å². The molecule has 0 bridgehead atoms. The van der Waals surface area contributed by atoms with Crippen LogP contribution < -0.4 is 5.32 Å². The maximum absolute atomic E-state index is 13.2. The molecule has 7 heteroatoms. The third-order valence-electron chi connectivity index (χ3n) is 2.50. The van der Waals surface area contributed by atoms with Crippen molar-refractivity contribution in [3.8, 4) is 5.69 Å². The summed E-state index contributed by atoms with van der Waals surface area (Å²) in [7, 11) is 0. The van der Waals surface area contributed by atoms with Gasteiger partial charge in [0.05, 0.1) is 21.9 Å². The minimum absolute atomic E-state index is 0.196. The van der Waals surface area contributed by atoms with Crippen LogP contribution in [0.15, 0.2) is 18.3 Å². The number of nitrogens with zero attached hydrogens (tertiary/aromatic N) is 3. The highest BCUT2D eigenvalue weighted by atomic mass is 35.5. The Morgan fingerprint density at radius 1 is 1.32 bits per heavy atom. The zero-order chi connectivity index (χ0) is 14.0. The van der Waals surface area contributed by atoms with Gasteiger partial charge in [-0.25, -0.2) is 9.07 Å². The maximum atomic E-state index is 13.2. The molecule has 2 aromatic rings. The maximum Gasteiger partial charge on any atom is 0.126 e. The molecule has 1 heterocycles. The number of nitrogens with one attached hydrogen (secondary N) is 1. The van der Waals surface area contributed by atoms with Crippen LogP contribution in [0.3, 0.4) is 0 Å². The van der Waals surface area contributed by atoms with E-state index in [1.54, 1.807) is 6.20 Å². The molecule has 1 aromatic carbocycles. The molecular weight excluding hydrogens is 290 g/mol. The molecule has 0 saturated carbocycles. The van der Waals surface area contributed by atoms with Gasteiger partial charge in [-0.2, -0.15) is 0 Å². The Morgan fingerprint density at radius 3 is 2.53 bits per heavy atom. The molecule has 0 aliphatic carbocycles. The van der Waals surface area contributed by atoms with Crippen molar-refractivity contribution in [2.24, 2.45) is 0 Å². The van der Waals surface area contributed by atoms with Crippen LogP contribution in [-0.2, 0) is 6.54 Å². The molecule has 0 fully saturated rings. The fourth-order valence-corrected chi connectivity index (χ4v) is 2.23. The second-order valence-corrected chi connectivity index (χ2v) is 5.21. The van der Waals surface area contributed by atoms with E-state index in [-0.39, 0.29) is 10.0 Å². The van der Waals surface area contributed by atoms with E-state index in [1.165, 1.54) is 16.8 Å². The highest BCUT2D eigenvalue weighted by Crippen LogP contribution is 2.29. The van der Waals surface area contributed by atoms with Crippen LogP contribution in [0.25, 0.3) is 5.69 Å². The molecule has 0 saturated heterocycles. The van der Waals surface area contributed by atoms with Gasteiger partial charge in [0.1, 0.15) is 11.5 Å². The van der Waals surface area contributed by atoms with E-state index < -0.39 is 5.82 Å². The normalized spacial score (nSPS) is 11.3. The van der Waals surface area contributed by atoms with Crippen molar-refractivity contribution >= 4 is 23.2 Å². The first kappa shape index (κ1) is 14.2. The molecule has 0 radical (unpaired) electrons. The summed E-state index contributed by atoms with van der Waals surface area (Å²) in [4.78, 5) is 0. The summed E-state index contributed by atoms with van der Waals surface area (Å²) in [6.45, 7) is 4.63. The third-order valence-corrected chi connectivity index (χ3v) is 3.08. The van der Waals surface area contributed by atoms with Gasteiger partial charge in [0.15, 0.2) is 0 Å². The number of aromatic nitrogens is 3. The SMILES string of the molecule is CC(C)NCc1cnnn1-c1c(Cl)cc(F)cc1Cl. The predicted molar refractivity (Wildman–Crippen MR) is 73.3 cm³/mol. The van der Waals surface area contributed by atoms with Crippen LogP contribution in [0.4, 0.5) is 4.39 Å². The number of rotatable bonds is 4. The molecule has 102 valence electrons. The highest BCUT2D eigenvalue weighted by Gasteiger charge is 2.15. The van der Waals surface area contributed by atoms with Crippen molar-refractivity contribution in [3.05, 3.63) is 39.9 Å². The number of benzene rings is 1. The van der Waals surface area contributed by atoms with Crippen molar-refractivity contribution in [1.29, 1.82) is 0 Å². The molecule has 1 N–H and O–H groups in total. The van der Waals surface area contributed by atoms with Crippen LogP contribution in [0.2, 0.25) is 10.0 Å². The lowest BCUT2D eigenvalue weighted by Crippen LogP contribution is -2.23. The molecular formula is C12H13Cl2FN4. The smallest absolute Gasteiger partial charge is 0.126 e. The predicted octanol–water partition coefficient (Wildman–Crippen LogP) is 3.21. The van der Waals surface area contributed by atoms with Gasteiger partial charge in [0, 0.05) is 12.6 Å². The van der Waals surface area contributed by atoms with Gasteiger partial charge in [0.2, 0.25) is 0 Å². The number of hydrogen-bond acceptors (Lipinski definition) is 3. The van der Waals surface area contributed by atoms with Crippen LogP contribution in [-0.4, -0.2) is 21.0 Å². The lowest BCUT2D eigenvalue weighted by atomic mass is 10.3. The lowest BCUT2D eigenvalue weighted by Gasteiger charge is -2.12. The largest absolute Gasteiger partial charge is 0.309 e. The van der Waals surface area contributed by atoms with E-state index in [9.17, 15) is 4.39 Å². The summed E-state index contributed by atoms with van der Waals surface area (Å²) in [5.74, 6) is -0.485. The average molecular weight is 303 g/mol. The van der Waals surface area contributed by atoms with Crippen molar-refractivity contribution in [2.45, 2.75) is 26.4 Å². The molecule has 4 nitrogen and oxygen atoms in total. The lowest BCUT2D eigenvalue weighted by molar-refractivity contribution is 0.570. The Morgan fingerprint density at radius 2 is 1.95 bits per heavy atom. The van der Waals surface area contributed by atoms with Gasteiger partial charge < -0.3 is 5.32 Å². The standard InChI is InChI=1S/C12H13Cl2FN4/c1-7(2)16-5-9-6-17-18-19(9)12-10(13)3-8(15)4-11(12)14/h3-4,6-7,16H,5H2,1-2H3.